The molecule has 0 amide bonds. The highest BCUT2D eigenvalue weighted by Crippen LogP contribution is 2.28. The lowest BCUT2D eigenvalue weighted by Crippen LogP contribution is -2.36. The fourth-order valence-electron chi connectivity index (χ4n) is 1.99. The summed E-state index contributed by atoms with van der Waals surface area (Å²) in [4.78, 5) is 2.37. The molecule has 0 atom stereocenters. The van der Waals surface area contributed by atoms with E-state index < -0.39 is 0 Å². The molecular weight excluding hydrogens is 280 g/mol. The van der Waals surface area contributed by atoms with Crippen LogP contribution in [-0.2, 0) is 11.3 Å². The Bertz CT molecular complexity index is 364. The van der Waals surface area contributed by atoms with E-state index in [9.17, 15) is 0 Å². The van der Waals surface area contributed by atoms with Crippen LogP contribution < -0.4 is 10.2 Å². The van der Waals surface area contributed by atoms with Crippen molar-refractivity contribution in [1.82, 2.24) is 5.32 Å². The second-order valence-corrected chi connectivity index (χ2v) is 5.02. The average Bonchev–Trinajstić information content (AvgIpc) is 2.37. The van der Waals surface area contributed by atoms with Crippen molar-refractivity contribution < 1.29 is 4.74 Å². The summed E-state index contributed by atoms with van der Waals surface area (Å²) in [6.45, 7) is 7.66. The summed E-state index contributed by atoms with van der Waals surface area (Å²) in [5.41, 5.74) is 2.59. The Hall–Kier alpha value is -0.580. The molecule has 1 aliphatic rings. The third-order valence-electron chi connectivity index (χ3n) is 2.94. The molecule has 4 heteroatoms. The van der Waals surface area contributed by atoms with Crippen molar-refractivity contribution in [2.45, 2.75) is 13.5 Å². The van der Waals surface area contributed by atoms with Crippen LogP contribution in [0, 0.1) is 0 Å². The first-order valence-corrected chi connectivity index (χ1v) is 6.92. The van der Waals surface area contributed by atoms with Gasteiger partial charge in [-0.2, -0.15) is 0 Å². The van der Waals surface area contributed by atoms with Crippen LogP contribution in [0.2, 0.25) is 0 Å². The van der Waals surface area contributed by atoms with Gasteiger partial charge in [-0.15, -0.1) is 0 Å². The van der Waals surface area contributed by atoms with Crippen LogP contribution in [-0.4, -0.2) is 32.8 Å². The number of morpholine rings is 1. The van der Waals surface area contributed by atoms with Crippen LogP contribution in [0.4, 0.5) is 5.69 Å². The molecule has 1 heterocycles. The Labute approximate surface area is 111 Å². The predicted octanol–water partition coefficient (Wildman–Crippen LogP) is 2.40. The molecule has 0 saturated carbocycles. The Balaban J connectivity index is 2.07. The molecule has 94 valence electrons. The topological polar surface area (TPSA) is 24.5 Å². The molecule has 0 aromatic heterocycles. The smallest absolute Gasteiger partial charge is 0.0642 e. The fraction of sp³-hybridized carbons (Fsp3) is 0.538. The number of nitrogens with zero attached hydrogens (tertiary/aromatic N) is 1. The summed E-state index contributed by atoms with van der Waals surface area (Å²) in [7, 11) is 0. The van der Waals surface area contributed by atoms with Gasteiger partial charge in [0.05, 0.1) is 18.9 Å². The van der Waals surface area contributed by atoms with Gasteiger partial charge in [0.1, 0.15) is 0 Å². The van der Waals surface area contributed by atoms with E-state index in [-0.39, 0.29) is 0 Å². The van der Waals surface area contributed by atoms with Crippen LogP contribution >= 0.6 is 15.9 Å². The summed E-state index contributed by atoms with van der Waals surface area (Å²) < 4.78 is 6.55. The fourth-order valence-corrected chi connectivity index (χ4v) is 2.67. The van der Waals surface area contributed by atoms with Crippen molar-refractivity contribution >= 4 is 21.6 Å². The van der Waals surface area contributed by atoms with E-state index in [0.29, 0.717) is 0 Å². The maximum absolute atomic E-state index is 5.37. The van der Waals surface area contributed by atoms with Crippen LogP contribution in [0.1, 0.15) is 12.5 Å². The number of rotatable bonds is 4. The molecule has 1 aromatic rings. The van der Waals surface area contributed by atoms with Gasteiger partial charge in [-0.1, -0.05) is 13.0 Å². The maximum Gasteiger partial charge on any atom is 0.0642 e. The van der Waals surface area contributed by atoms with Gasteiger partial charge in [0.15, 0.2) is 0 Å². The normalized spacial score (nSPS) is 16.2. The van der Waals surface area contributed by atoms with Gasteiger partial charge < -0.3 is 15.0 Å². The summed E-state index contributed by atoms with van der Waals surface area (Å²) >= 11 is 3.66. The van der Waals surface area contributed by atoms with Gasteiger partial charge in [0.2, 0.25) is 0 Å². The van der Waals surface area contributed by atoms with Crippen LogP contribution in [0.25, 0.3) is 0 Å². The third-order valence-corrected chi connectivity index (χ3v) is 3.58. The van der Waals surface area contributed by atoms with Crippen molar-refractivity contribution in [3.63, 3.8) is 0 Å². The first-order chi connectivity index (χ1) is 8.31. The largest absolute Gasteiger partial charge is 0.378 e. The standard InChI is InChI=1S/C13H19BrN2O/c1-2-15-10-11-3-4-13(12(14)9-11)16-5-7-17-8-6-16/h3-4,9,15H,2,5-8,10H2,1H3. The van der Waals surface area contributed by atoms with Gasteiger partial charge in [-0.05, 0) is 40.2 Å². The number of anilines is 1. The summed E-state index contributed by atoms with van der Waals surface area (Å²) in [5.74, 6) is 0. The maximum atomic E-state index is 5.37. The second-order valence-electron chi connectivity index (χ2n) is 4.17. The Morgan fingerprint density at radius 2 is 2.12 bits per heavy atom. The molecule has 1 aliphatic heterocycles. The molecule has 0 radical (unpaired) electrons. The SMILES string of the molecule is CCNCc1ccc(N2CCOCC2)c(Br)c1. The zero-order valence-electron chi connectivity index (χ0n) is 10.2. The number of hydrogen-bond acceptors (Lipinski definition) is 3. The molecule has 0 spiro atoms. The molecule has 2 rings (SSSR count). The van der Waals surface area contributed by atoms with Gasteiger partial charge in [-0.25, -0.2) is 0 Å². The Morgan fingerprint density at radius 3 is 2.76 bits per heavy atom. The highest BCUT2D eigenvalue weighted by atomic mass is 79.9. The van der Waals surface area contributed by atoms with E-state index in [1.54, 1.807) is 0 Å². The van der Waals surface area contributed by atoms with Crippen LogP contribution in [0.15, 0.2) is 22.7 Å². The van der Waals surface area contributed by atoms with Crippen molar-refractivity contribution in [3.8, 4) is 0 Å². The average molecular weight is 299 g/mol. The van der Waals surface area contributed by atoms with Crippen molar-refractivity contribution in [2.24, 2.45) is 0 Å². The zero-order valence-corrected chi connectivity index (χ0v) is 11.8. The molecule has 1 saturated heterocycles. The lowest BCUT2D eigenvalue weighted by atomic mass is 10.2. The summed E-state index contributed by atoms with van der Waals surface area (Å²) in [6, 6.07) is 6.59. The number of nitrogens with one attached hydrogen (secondary N) is 1. The minimum Gasteiger partial charge on any atom is -0.378 e. The first-order valence-electron chi connectivity index (χ1n) is 6.13. The van der Waals surface area contributed by atoms with E-state index in [1.807, 2.05) is 0 Å². The summed E-state index contributed by atoms with van der Waals surface area (Å²) in [6.07, 6.45) is 0. The third kappa shape index (κ3) is 3.44. The van der Waals surface area contributed by atoms with E-state index >= 15 is 0 Å². The molecule has 0 aliphatic carbocycles. The van der Waals surface area contributed by atoms with Crippen LogP contribution in [0.3, 0.4) is 0 Å². The molecule has 17 heavy (non-hydrogen) atoms. The first kappa shape index (κ1) is 12.9. The van der Waals surface area contributed by atoms with E-state index in [4.69, 9.17) is 4.74 Å². The molecule has 0 bridgehead atoms. The monoisotopic (exact) mass is 298 g/mol. The predicted molar refractivity (Wildman–Crippen MR) is 74.6 cm³/mol. The number of benzene rings is 1. The highest BCUT2D eigenvalue weighted by Gasteiger charge is 2.13. The molecule has 1 N–H and O–H groups in total. The van der Waals surface area contributed by atoms with Gasteiger partial charge in [0, 0.05) is 24.1 Å². The van der Waals surface area contributed by atoms with Gasteiger partial charge >= 0.3 is 0 Å². The Morgan fingerprint density at radius 1 is 1.35 bits per heavy atom. The molecular formula is C13H19BrN2O. The van der Waals surface area contributed by atoms with Crippen molar-refractivity contribution in [1.29, 1.82) is 0 Å². The summed E-state index contributed by atoms with van der Waals surface area (Å²) in [5, 5.41) is 3.34. The second kappa shape index (κ2) is 6.38. The lowest BCUT2D eigenvalue weighted by Gasteiger charge is -2.29. The van der Waals surface area contributed by atoms with Crippen LogP contribution in [0.5, 0.6) is 0 Å². The highest BCUT2D eigenvalue weighted by molar-refractivity contribution is 9.10. The van der Waals surface area contributed by atoms with E-state index in [1.165, 1.54) is 15.7 Å². The minimum atomic E-state index is 0.825. The van der Waals surface area contributed by atoms with E-state index in [2.05, 4.69) is 51.3 Å². The molecule has 3 nitrogen and oxygen atoms in total. The molecule has 1 aromatic carbocycles. The number of halogens is 1. The zero-order chi connectivity index (χ0) is 12.1. The number of ether oxygens (including phenoxy) is 1. The van der Waals surface area contributed by atoms with Gasteiger partial charge in [0.25, 0.3) is 0 Å². The lowest BCUT2D eigenvalue weighted by molar-refractivity contribution is 0.122. The molecule has 1 fully saturated rings. The van der Waals surface area contributed by atoms with Crippen molar-refractivity contribution in [2.75, 3.05) is 37.7 Å². The van der Waals surface area contributed by atoms with Crippen molar-refractivity contribution in [3.05, 3.63) is 28.2 Å². The molecule has 0 unspecified atom stereocenters. The minimum absolute atomic E-state index is 0.825. The van der Waals surface area contributed by atoms with E-state index in [0.717, 1.165) is 39.4 Å². The Kier molecular flexibility index (Phi) is 4.83. The number of hydrogen-bond donors (Lipinski definition) is 1. The quantitative estimate of drug-likeness (QED) is 0.924. The van der Waals surface area contributed by atoms with Gasteiger partial charge in [-0.3, -0.25) is 0 Å².